The van der Waals surface area contributed by atoms with E-state index in [1.54, 1.807) is 0 Å². The van der Waals surface area contributed by atoms with Gasteiger partial charge in [0.05, 0.1) is 6.10 Å². The van der Waals surface area contributed by atoms with Gasteiger partial charge < -0.3 is 5.11 Å². The molecule has 0 aromatic carbocycles. The van der Waals surface area contributed by atoms with Crippen molar-refractivity contribution in [2.45, 2.75) is 137 Å². The summed E-state index contributed by atoms with van der Waals surface area (Å²) in [5.74, 6) is 5.07. The molecule has 5 heteroatoms. The molecule has 7 fully saturated rings. The summed E-state index contributed by atoms with van der Waals surface area (Å²) in [5, 5.41) is 10.5. The average molecular weight is 591 g/mol. The Morgan fingerprint density at radius 2 is 1.44 bits per heavy atom. The summed E-state index contributed by atoms with van der Waals surface area (Å²) in [6.07, 6.45) is 17.2. The maximum atomic E-state index is 13.0. The monoisotopic (exact) mass is 590 g/mol. The molecule has 236 valence electrons. The van der Waals surface area contributed by atoms with Gasteiger partial charge in [0.2, 0.25) is 0 Å². The SMILES string of the molecule is C[C@]12CCC(=O)C=C1CC[C@@H]1[C@@H]2C(=O)C[C@]2(C)C(=O)CC[C@@H]12.C[C@]12CCC(=O)C[C@@H]1CC[C@@H]1[C@@H]2CC[C@]2(C)[C@@H](O)CC[C@@H]12. The van der Waals surface area contributed by atoms with Gasteiger partial charge in [-0.1, -0.05) is 33.3 Å². The normalized spacial score (nSPS) is 52.0. The molecular weight excluding hydrogens is 536 g/mol. The van der Waals surface area contributed by atoms with Crippen molar-refractivity contribution >= 4 is 23.1 Å². The molecule has 8 aliphatic carbocycles. The van der Waals surface area contributed by atoms with E-state index < -0.39 is 5.41 Å². The van der Waals surface area contributed by atoms with E-state index in [1.165, 1.54) is 37.7 Å². The lowest BCUT2D eigenvalue weighted by molar-refractivity contribution is -0.149. The van der Waals surface area contributed by atoms with Crippen LogP contribution < -0.4 is 0 Å². The quantitative estimate of drug-likeness (QED) is 0.322. The van der Waals surface area contributed by atoms with E-state index in [-0.39, 0.29) is 34.4 Å². The predicted molar refractivity (Wildman–Crippen MR) is 165 cm³/mol. The zero-order valence-electron chi connectivity index (χ0n) is 27.1. The van der Waals surface area contributed by atoms with Crippen LogP contribution in [-0.2, 0) is 19.2 Å². The maximum absolute atomic E-state index is 13.0. The first-order valence-electron chi connectivity index (χ1n) is 17.8. The van der Waals surface area contributed by atoms with Gasteiger partial charge in [0, 0.05) is 43.4 Å². The van der Waals surface area contributed by atoms with Crippen LogP contribution in [0.3, 0.4) is 0 Å². The Hall–Kier alpha value is -1.62. The highest BCUT2D eigenvalue weighted by Crippen LogP contribution is 2.66. The molecule has 0 bridgehead atoms. The van der Waals surface area contributed by atoms with Crippen molar-refractivity contribution in [1.29, 1.82) is 0 Å². The van der Waals surface area contributed by atoms with Gasteiger partial charge in [0.15, 0.2) is 5.78 Å². The zero-order chi connectivity index (χ0) is 30.5. The standard InChI is InChI=1S/C19H24O3.C19H30O2/c1-18-8-7-12(20)9-11(18)3-4-13-14-5-6-16(22)19(14,2)10-15(21)17(13)18;1-18-9-7-13(20)11-12(18)3-4-14-15-5-6-17(21)19(15,2)10-8-16(14)18/h9,13-14,17H,3-8,10H2,1-2H3;12,14-17,21H,3-11H2,1-2H3/t13-,14-,17+,18-,19-;12-,14-,15-,16-,17-,18-,19-/m00/s1. The topological polar surface area (TPSA) is 88.5 Å². The molecule has 0 unspecified atom stereocenters. The van der Waals surface area contributed by atoms with Gasteiger partial charge in [-0.25, -0.2) is 0 Å². The van der Waals surface area contributed by atoms with Crippen molar-refractivity contribution in [2.24, 2.45) is 63.1 Å². The third-order valence-electron chi connectivity index (χ3n) is 15.8. The Labute approximate surface area is 258 Å². The Bertz CT molecular complexity index is 1260. The fourth-order valence-electron chi connectivity index (χ4n) is 13.2. The van der Waals surface area contributed by atoms with Gasteiger partial charge in [-0.2, -0.15) is 0 Å². The number of hydrogen-bond donors (Lipinski definition) is 1. The van der Waals surface area contributed by atoms with Crippen LogP contribution in [0, 0.1) is 63.1 Å². The van der Waals surface area contributed by atoms with Gasteiger partial charge in [-0.05, 0) is 128 Å². The molecule has 0 aromatic rings. The summed E-state index contributed by atoms with van der Waals surface area (Å²) in [5.41, 5.74) is 1.26. The first-order chi connectivity index (χ1) is 20.3. The average Bonchev–Trinajstić information content (AvgIpc) is 3.43. The predicted octanol–water partition coefficient (Wildman–Crippen LogP) is 7.23. The summed E-state index contributed by atoms with van der Waals surface area (Å²) in [6.45, 7) is 9.07. The summed E-state index contributed by atoms with van der Waals surface area (Å²) in [4.78, 5) is 49.0. The van der Waals surface area contributed by atoms with Crippen molar-refractivity contribution < 1.29 is 24.3 Å². The Balaban J connectivity index is 0.000000140. The first kappa shape index (κ1) is 30.1. The second kappa shape index (κ2) is 10.2. The number of carbonyl (C=O) groups is 4. The van der Waals surface area contributed by atoms with E-state index in [2.05, 4.69) is 20.8 Å². The number of fused-ring (bicyclic) bond motifs is 10. The minimum atomic E-state index is -0.402. The van der Waals surface area contributed by atoms with E-state index in [9.17, 15) is 24.3 Å². The number of carbonyl (C=O) groups excluding carboxylic acids is 4. The Kier molecular flexibility index (Phi) is 7.12. The van der Waals surface area contributed by atoms with Crippen molar-refractivity contribution in [2.75, 3.05) is 0 Å². The number of rotatable bonds is 0. The lowest BCUT2D eigenvalue weighted by atomic mass is 9.45. The molecular formula is C38H54O5. The van der Waals surface area contributed by atoms with Crippen molar-refractivity contribution in [3.05, 3.63) is 11.6 Å². The van der Waals surface area contributed by atoms with Crippen LogP contribution in [0.1, 0.15) is 130 Å². The lowest BCUT2D eigenvalue weighted by Crippen LogP contribution is -2.55. The molecule has 1 N–H and O–H groups in total. The molecule has 0 aromatic heterocycles. The molecule has 8 aliphatic rings. The summed E-state index contributed by atoms with van der Waals surface area (Å²) < 4.78 is 0. The third kappa shape index (κ3) is 4.32. The minimum Gasteiger partial charge on any atom is -0.393 e. The molecule has 5 nitrogen and oxygen atoms in total. The highest BCUT2D eigenvalue weighted by Gasteiger charge is 2.63. The van der Waals surface area contributed by atoms with Gasteiger partial charge >= 0.3 is 0 Å². The first-order valence-corrected chi connectivity index (χ1v) is 17.8. The molecule has 0 aliphatic heterocycles. The Morgan fingerprint density at radius 3 is 2.23 bits per heavy atom. The molecule has 43 heavy (non-hydrogen) atoms. The molecule has 8 rings (SSSR count). The van der Waals surface area contributed by atoms with E-state index in [4.69, 9.17) is 0 Å². The molecule has 12 atom stereocenters. The molecule has 7 saturated carbocycles. The van der Waals surface area contributed by atoms with Gasteiger partial charge in [0.25, 0.3) is 0 Å². The van der Waals surface area contributed by atoms with E-state index in [1.807, 2.05) is 13.0 Å². The second-order valence-electron chi connectivity index (χ2n) is 17.4. The fourth-order valence-corrected chi connectivity index (χ4v) is 13.2. The zero-order valence-corrected chi connectivity index (χ0v) is 27.1. The van der Waals surface area contributed by atoms with Crippen LogP contribution in [0.15, 0.2) is 11.6 Å². The largest absolute Gasteiger partial charge is 0.393 e. The summed E-state index contributed by atoms with van der Waals surface area (Å²) >= 11 is 0. The van der Waals surface area contributed by atoms with Crippen LogP contribution >= 0.6 is 0 Å². The van der Waals surface area contributed by atoms with Crippen LogP contribution in [0.5, 0.6) is 0 Å². The van der Waals surface area contributed by atoms with E-state index in [0.717, 1.165) is 69.1 Å². The van der Waals surface area contributed by atoms with E-state index in [0.29, 0.717) is 54.0 Å². The number of hydrogen-bond acceptors (Lipinski definition) is 5. The fraction of sp³-hybridized carbons (Fsp3) is 0.842. The number of Topliss-reactive ketones (excluding diaryl/α,β-unsaturated/α-hetero) is 3. The Morgan fingerprint density at radius 1 is 0.674 bits per heavy atom. The number of aliphatic hydroxyl groups excluding tert-OH is 1. The van der Waals surface area contributed by atoms with E-state index >= 15 is 0 Å². The van der Waals surface area contributed by atoms with Gasteiger partial charge in [-0.3, -0.25) is 19.2 Å². The summed E-state index contributed by atoms with van der Waals surface area (Å²) in [7, 11) is 0. The van der Waals surface area contributed by atoms with Crippen LogP contribution in [0.2, 0.25) is 0 Å². The van der Waals surface area contributed by atoms with Gasteiger partial charge in [0.1, 0.15) is 17.3 Å². The van der Waals surface area contributed by atoms with Crippen LogP contribution in [-0.4, -0.2) is 34.3 Å². The highest BCUT2D eigenvalue weighted by molar-refractivity contribution is 5.96. The van der Waals surface area contributed by atoms with Gasteiger partial charge in [-0.15, -0.1) is 0 Å². The number of allylic oxidation sites excluding steroid dienone is 1. The molecule has 0 amide bonds. The number of ketones is 4. The number of aliphatic hydroxyl groups is 1. The molecule has 0 spiro atoms. The molecule has 0 radical (unpaired) electrons. The molecule has 0 heterocycles. The highest BCUT2D eigenvalue weighted by atomic mass is 16.3. The summed E-state index contributed by atoms with van der Waals surface area (Å²) in [6, 6.07) is 0. The third-order valence-corrected chi connectivity index (χ3v) is 15.8. The molecule has 0 saturated heterocycles. The lowest BCUT2D eigenvalue weighted by Gasteiger charge is -2.60. The maximum Gasteiger partial charge on any atom is 0.155 e. The minimum absolute atomic E-state index is 0.0320. The second-order valence-corrected chi connectivity index (χ2v) is 17.4. The smallest absolute Gasteiger partial charge is 0.155 e. The van der Waals surface area contributed by atoms with Crippen LogP contribution in [0.4, 0.5) is 0 Å². The van der Waals surface area contributed by atoms with Crippen LogP contribution in [0.25, 0.3) is 0 Å². The van der Waals surface area contributed by atoms with Crippen molar-refractivity contribution in [3.8, 4) is 0 Å². The van der Waals surface area contributed by atoms with Crippen molar-refractivity contribution in [1.82, 2.24) is 0 Å². The van der Waals surface area contributed by atoms with Crippen molar-refractivity contribution in [3.63, 3.8) is 0 Å².